The minimum Gasteiger partial charge on any atom is -0.505 e. The van der Waals surface area contributed by atoms with Gasteiger partial charge in [0.2, 0.25) is 0 Å². The van der Waals surface area contributed by atoms with E-state index in [9.17, 15) is 5.11 Å². The molecule has 6 rings (SSSR count). The number of rotatable bonds is 3. The molecule has 4 nitrogen and oxygen atoms in total. The number of benzene rings is 3. The summed E-state index contributed by atoms with van der Waals surface area (Å²) in [7, 11) is 0. The molecule has 4 heteroatoms. The third-order valence-electron chi connectivity index (χ3n) is 6.95. The first kappa shape index (κ1) is 20.4. The Bertz CT molecular complexity index is 1700. The topological polar surface area (TPSA) is 50.9 Å². The van der Waals surface area contributed by atoms with Crippen LogP contribution in [0.25, 0.3) is 38.5 Å². The van der Waals surface area contributed by atoms with E-state index in [1.807, 2.05) is 49.5 Å². The van der Waals surface area contributed by atoms with E-state index in [0.717, 1.165) is 39.1 Å². The molecule has 1 N–H and O–H groups in total. The van der Waals surface area contributed by atoms with E-state index in [-0.39, 0.29) is 11.2 Å². The summed E-state index contributed by atoms with van der Waals surface area (Å²) in [4.78, 5) is 9.56. The summed E-state index contributed by atoms with van der Waals surface area (Å²) < 4.78 is 2.23. The zero-order chi connectivity index (χ0) is 23.4. The van der Waals surface area contributed by atoms with Crippen LogP contribution in [-0.2, 0) is 5.41 Å². The second-order valence-electron chi connectivity index (χ2n) is 9.40. The predicted molar refractivity (Wildman–Crippen MR) is 139 cm³/mol. The number of nitrogens with zero attached hydrogens (tertiary/aromatic N) is 3. The highest BCUT2D eigenvalue weighted by Crippen LogP contribution is 2.38. The molecule has 3 aromatic heterocycles. The van der Waals surface area contributed by atoms with Gasteiger partial charge in [0.25, 0.3) is 0 Å². The fourth-order valence-corrected chi connectivity index (χ4v) is 4.86. The molecule has 3 aromatic carbocycles. The van der Waals surface area contributed by atoms with Crippen LogP contribution in [0.5, 0.6) is 5.75 Å². The first-order chi connectivity index (χ1) is 16.4. The molecule has 166 valence electrons. The molecular weight excluding hydrogens is 418 g/mol. The van der Waals surface area contributed by atoms with Crippen molar-refractivity contribution in [1.82, 2.24) is 14.5 Å². The average Bonchev–Trinajstić information content (AvgIpc) is 3.20. The van der Waals surface area contributed by atoms with E-state index in [1.165, 1.54) is 10.8 Å². The Morgan fingerprint density at radius 3 is 2.38 bits per heavy atom. The van der Waals surface area contributed by atoms with Gasteiger partial charge in [0.1, 0.15) is 17.1 Å². The van der Waals surface area contributed by atoms with Gasteiger partial charge in [0.05, 0.1) is 16.7 Å². The second kappa shape index (κ2) is 7.42. The van der Waals surface area contributed by atoms with E-state index >= 15 is 0 Å². The van der Waals surface area contributed by atoms with Gasteiger partial charge in [-0.3, -0.25) is 4.57 Å². The van der Waals surface area contributed by atoms with Gasteiger partial charge in [0.15, 0.2) is 0 Å². The van der Waals surface area contributed by atoms with Gasteiger partial charge < -0.3 is 5.11 Å². The van der Waals surface area contributed by atoms with Gasteiger partial charge in [-0.1, -0.05) is 68.4 Å². The van der Waals surface area contributed by atoms with Crippen molar-refractivity contribution in [2.75, 3.05) is 0 Å². The highest BCUT2D eigenvalue weighted by molar-refractivity contribution is 6.09. The molecule has 0 aliphatic carbocycles. The van der Waals surface area contributed by atoms with Crippen LogP contribution in [0.3, 0.4) is 0 Å². The number of hydrogen-bond donors (Lipinski definition) is 1. The molecule has 0 amide bonds. The van der Waals surface area contributed by atoms with Crippen molar-refractivity contribution in [2.45, 2.75) is 26.2 Å². The SMILES string of the molecule is Cc1ccc2ccc(C(C)(C)c3ccc4c5ccccc5n(-c5ccccn5)c4c3)nc2c1O. The van der Waals surface area contributed by atoms with Crippen LogP contribution in [0.15, 0.2) is 91.1 Å². The number of aryl methyl sites for hydroxylation is 1. The van der Waals surface area contributed by atoms with E-state index < -0.39 is 0 Å². The fourth-order valence-electron chi connectivity index (χ4n) is 4.86. The molecule has 0 saturated carbocycles. The molecule has 0 unspecified atom stereocenters. The second-order valence-corrected chi connectivity index (χ2v) is 9.40. The summed E-state index contributed by atoms with van der Waals surface area (Å²) in [6.07, 6.45) is 1.83. The van der Waals surface area contributed by atoms with Crippen LogP contribution in [0, 0.1) is 6.92 Å². The first-order valence-corrected chi connectivity index (χ1v) is 11.5. The Morgan fingerprint density at radius 1 is 0.794 bits per heavy atom. The Balaban J connectivity index is 1.59. The fraction of sp³-hybridized carbons (Fsp3) is 0.133. The summed E-state index contributed by atoms with van der Waals surface area (Å²) in [5.74, 6) is 1.15. The van der Waals surface area contributed by atoms with E-state index in [2.05, 4.69) is 71.9 Å². The molecule has 0 saturated heterocycles. The Kier molecular flexibility index (Phi) is 4.46. The lowest BCUT2D eigenvalue weighted by Gasteiger charge is -2.26. The smallest absolute Gasteiger partial charge is 0.144 e. The summed E-state index contributed by atoms with van der Waals surface area (Å²) in [5.41, 5.74) is 5.43. The molecular formula is C30H25N3O. The zero-order valence-corrected chi connectivity index (χ0v) is 19.4. The third kappa shape index (κ3) is 2.99. The van der Waals surface area contributed by atoms with Crippen LogP contribution in [0.1, 0.15) is 30.7 Å². The molecule has 6 aromatic rings. The van der Waals surface area contributed by atoms with Gasteiger partial charge in [-0.2, -0.15) is 0 Å². The molecule has 34 heavy (non-hydrogen) atoms. The van der Waals surface area contributed by atoms with Crippen molar-refractivity contribution in [3.05, 3.63) is 108 Å². The minimum atomic E-state index is -0.371. The normalized spacial score (nSPS) is 12.1. The molecule has 0 aliphatic heterocycles. The Labute approximate surface area is 198 Å². The minimum absolute atomic E-state index is 0.251. The van der Waals surface area contributed by atoms with Crippen molar-refractivity contribution in [1.29, 1.82) is 0 Å². The van der Waals surface area contributed by atoms with Gasteiger partial charge in [0, 0.05) is 27.8 Å². The largest absolute Gasteiger partial charge is 0.505 e. The lowest BCUT2D eigenvalue weighted by molar-refractivity contribution is 0.475. The molecule has 3 heterocycles. The maximum absolute atomic E-state index is 10.6. The highest BCUT2D eigenvalue weighted by atomic mass is 16.3. The van der Waals surface area contributed by atoms with E-state index in [0.29, 0.717) is 5.52 Å². The van der Waals surface area contributed by atoms with Crippen molar-refractivity contribution in [3.8, 4) is 11.6 Å². The average molecular weight is 444 g/mol. The molecule has 0 atom stereocenters. The molecule has 0 aliphatic rings. The predicted octanol–water partition coefficient (Wildman–Crippen LogP) is 7.07. The number of hydrogen-bond acceptors (Lipinski definition) is 3. The number of aromatic nitrogens is 3. The zero-order valence-electron chi connectivity index (χ0n) is 19.4. The maximum Gasteiger partial charge on any atom is 0.144 e. The standard InChI is InChI=1S/C30H25N3O/c1-19-11-12-20-13-16-26(32-28(20)29(19)34)30(2,3)21-14-15-23-22-8-4-5-9-24(22)33(25(23)18-21)27-10-6-7-17-31-27/h4-18,34H,1-3H3. The van der Waals surface area contributed by atoms with E-state index in [1.54, 1.807) is 0 Å². The van der Waals surface area contributed by atoms with Crippen molar-refractivity contribution in [3.63, 3.8) is 0 Å². The third-order valence-corrected chi connectivity index (χ3v) is 6.95. The number of para-hydroxylation sites is 1. The number of aromatic hydroxyl groups is 1. The van der Waals surface area contributed by atoms with Gasteiger partial charge >= 0.3 is 0 Å². The Morgan fingerprint density at radius 2 is 1.56 bits per heavy atom. The van der Waals surface area contributed by atoms with Crippen LogP contribution >= 0.6 is 0 Å². The van der Waals surface area contributed by atoms with Crippen LogP contribution in [0.4, 0.5) is 0 Å². The van der Waals surface area contributed by atoms with Crippen LogP contribution in [0.2, 0.25) is 0 Å². The molecule has 0 fully saturated rings. The van der Waals surface area contributed by atoms with Gasteiger partial charge in [-0.15, -0.1) is 0 Å². The van der Waals surface area contributed by atoms with E-state index in [4.69, 9.17) is 4.98 Å². The molecule has 0 bridgehead atoms. The lowest BCUT2D eigenvalue weighted by Crippen LogP contribution is -2.20. The molecule has 0 spiro atoms. The number of phenolic OH excluding ortho intramolecular Hbond substituents is 1. The first-order valence-electron chi connectivity index (χ1n) is 11.5. The summed E-state index contributed by atoms with van der Waals surface area (Å²) in [6.45, 7) is 6.27. The van der Waals surface area contributed by atoms with Crippen LogP contribution in [-0.4, -0.2) is 19.6 Å². The Hall–Kier alpha value is -4.18. The van der Waals surface area contributed by atoms with Crippen molar-refractivity contribution >= 4 is 32.7 Å². The van der Waals surface area contributed by atoms with Crippen LogP contribution < -0.4 is 0 Å². The quantitative estimate of drug-likeness (QED) is 0.318. The van der Waals surface area contributed by atoms with Gasteiger partial charge in [-0.05, 0) is 48.4 Å². The summed E-state index contributed by atoms with van der Waals surface area (Å²) in [6, 6.07) is 29.1. The van der Waals surface area contributed by atoms with Crippen molar-refractivity contribution in [2.24, 2.45) is 0 Å². The number of fused-ring (bicyclic) bond motifs is 4. The van der Waals surface area contributed by atoms with Gasteiger partial charge in [-0.25, -0.2) is 9.97 Å². The number of phenols is 1. The molecule has 0 radical (unpaired) electrons. The van der Waals surface area contributed by atoms with Crippen molar-refractivity contribution < 1.29 is 5.11 Å². The monoisotopic (exact) mass is 443 g/mol. The highest BCUT2D eigenvalue weighted by Gasteiger charge is 2.27. The summed E-state index contributed by atoms with van der Waals surface area (Å²) in [5, 5.41) is 14.0. The summed E-state index contributed by atoms with van der Waals surface area (Å²) >= 11 is 0. The number of pyridine rings is 2. The maximum atomic E-state index is 10.6. The lowest BCUT2D eigenvalue weighted by atomic mass is 9.80.